The second kappa shape index (κ2) is 7.35. The molecule has 1 aliphatic heterocycles. The van der Waals surface area contributed by atoms with Gasteiger partial charge in [-0.05, 0) is 36.2 Å². The number of amides is 2. The Morgan fingerprint density at radius 3 is 2.65 bits per heavy atom. The van der Waals surface area contributed by atoms with Crippen molar-refractivity contribution in [2.24, 2.45) is 0 Å². The van der Waals surface area contributed by atoms with Gasteiger partial charge in [0, 0.05) is 5.69 Å². The number of hydrogen-bond donors (Lipinski definition) is 1. The van der Waals surface area contributed by atoms with Crippen LogP contribution in [0.4, 0.5) is 11.4 Å². The van der Waals surface area contributed by atoms with Gasteiger partial charge in [-0.2, -0.15) is 0 Å². The molecule has 26 heavy (non-hydrogen) atoms. The number of nitrogens with zero attached hydrogens (tertiary/aromatic N) is 1. The van der Waals surface area contributed by atoms with E-state index in [4.69, 9.17) is 39.5 Å². The zero-order valence-corrected chi connectivity index (χ0v) is 16.0. The number of carbonyl (C=O) groups excluding carboxylic acids is 2. The van der Waals surface area contributed by atoms with Crippen LogP contribution in [0.15, 0.2) is 42.5 Å². The number of alkyl halides is 3. The Hall–Kier alpha value is -1.95. The fraction of sp³-hybridized carbons (Fsp3) is 0.222. The summed E-state index contributed by atoms with van der Waals surface area (Å²) in [6, 6.07) is 12.7. The van der Waals surface area contributed by atoms with Crippen LogP contribution in [0.25, 0.3) is 0 Å². The van der Waals surface area contributed by atoms with Gasteiger partial charge in [0.25, 0.3) is 15.6 Å². The van der Waals surface area contributed by atoms with E-state index in [9.17, 15) is 9.59 Å². The largest absolute Gasteiger partial charge is 0.482 e. The molecule has 2 amide bonds. The minimum absolute atomic E-state index is 0.0429. The van der Waals surface area contributed by atoms with Crippen molar-refractivity contribution in [2.45, 2.75) is 17.3 Å². The lowest BCUT2D eigenvalue weighted by atomic mass is 10.1. The number of aryl methyl sites for hydroxylation is 1. The van der Waals surface area contributed by atoms with Crippen molar-refractivity contribution in [1.82, 2.24) is 0 Å². The van der Waals surface area contributed by atoms with Crippen LogP contribution >= 0.6 is 34.8 Å². The van der Waals surface area contributed by atoms with Crippen LogP contribution in [0.3, 0.4) is 0 Å². The Labute approximate surface area is 165 Å². The number of anilines is 2. The van der Waals surface area contributed by atoms with E-state index in [0.717, 1.165) is 11.1 Å². The molecule has 0 bridgehead atoms. The van der Waals surface area contributed by atoms with Crippen LogP contribution in [0.5, 0.6) is 5.75 Å². The van der Waals surface area contributed by atoms with E-state index in [2.05, 4.69) is 5.32 Å². The van der Waals surface area contributed by atoms with Crippen molar-refractivity contribution in [3.63, 3.8) is 0 Å². The van der Waals surface area contributed by atoms with E-state index in [0.29, 0.717) is 23.7 Å². The number of halogens is 3. The molecule has 0 saturated carbocycles. The van der Waals surface area contributed by atoms with Crippen LogP contribution < -0.4 is 15.0 Å². The second-order valence-electron chi connectivity index (χ2n) is 5.83. The lowest BCUT2D eigenvalue weighted by Gasteiger charge is -2.30. The minimum Gasteiger partial charge on any atom is -0.482 e. The van der Waals surface area contributed by atoms with Gasteiger partial charge in [0.1, 0.15) is 5.75 Å². The molecule has 3 rings (SSSR count). The standard InChI is InChI=1S/C18H15Cl3N2O3/c1-11-4-2-3-5-12(11)9-23-14-8-13(22-17(25)18(19,20)21)6-7-15(14)26-10-16(23)24/h2-8H,9-10H2,1H3,(H,22,25). The summed E-state index contributed by atoms with van der Waals surface area (Å²) < 4.78 is 3.40. The monoisotopic (exact) mass is 412 g/mol. The molecule has 0 unspecified atom stereocenters. The zero-order valence-electron chi connectivity index (χ0n) is 13.8. The quantitative estimate of drug-likeness (QED) is 0.766. The molecule has 0 aromatic heterocycles. The van der Waals surface area contributed by atoms with Gasteiger partial charge in [0.2, 0.25) is 0 Å². The predicted octanol–water partition coefficient (Wildman–Crippen LogP) is 4.23. The number of rotatable bonds is 3. The van der Waals surface area contributed by atoms with E-state index in [1.165, 1.54) is 0 Å². The first-order chi connectivity index (χ1) is 12.3. The fourth-order valence-corrected chi connectivity index (χ4v) is 2.75. The Balaban J connectivity index is 1.92. The molecule has 1 heterocycles. The summed E-state index contributed by atoms with van der Waals surface area (Å²) in [5.41, 5.74) is 3.04. The van der Waals surface area contributed by atoms with Gasteiger partial charge in [-0.1, -0.05) is 59.1 Å². The summed E-state index contributed by atoms with van der Waals surface area (Å²) in [4.78, 5) is 25.9. The smallest absolute Gasteiger partial charge is 0.276 e. The van der Waals surface area contributed by atoms with Crippen LogP contribution in [0.1, 0.15) is 11.1 Å². The molecule has 0 spiro atoms. The SMILES string of the molecule is Cc1ccccc1CN1C(=O)COc2ccc(NC(=O)C(Cl)(Cl)Cl)cc21. The van der Waals surface area contributed by atoms with Gasteiger partial charge in [-0.15, -0.1) is 0 Å². The van der Waals surface area contributed by atoms with Gasteiger partial charge in [0.15, 0.2) is 6.61 Å². The predicted molar refractivity (Wildman–Crippen MR) is 103 cm³/mol. The molecule has 0 saturated heterocycles. The van der Waals surface area contributed by atoms with Gasteiger partial charge in [-0.3, -0.25) is 9.59 Å². The Bertz CT molecular complexity index is 865. The van der Waals surface area contributed by atoms with Crippen LogP contribution in [-0.2, 0) is 16.1 Å². The number of benzene rings is 2. The highest BCUT2D eigenvalue weighted by Crippen LogP contribution is 2.36. The normalized spacial score (nSPS) is 13.8. The van der Waals surface area contributed by atoms with E-state index in [-0.39, 0.29) is 12.5 Å². The second-order valence-corrected chi connectivity index (χ2v) is 8.11. The third-order valence-corrected chi connectivity index (χ3v) is 4.52. The minimum atomic E-state index is -2.08. The maximum atomic E-state index is 12.4. The summed E-state index contributed by atoms with van der Waals surface area (Å²) >= 11 is 16.7. The summed E-state index contributed by atoms with van der Waals surface area (Å²) in [7, 11) is 0. The lowest BCUT2D eigenvalue weighted by molar-refractivity contribution is -0.121. The Morgan fingerprint density at radius 1 is 1.23 bits per heavy atom. The molecule has 0 aliphatic carbocycles. The van der Waals surface area contributed by atoms with E-state index in [1.807, 2.05) is 31.2 Å². The molecule has 2 aromatic rings. The molecule has 8 heteroatoms. The molecule has 0 atom stereocenters. The lowest BCUT2D eigenvalue weighted by Crippen LogP contribution is -2.38. The number of carbonyl (C=O) groups is 2. The molecule has 0 fully saturated rings. The molecular weight excluding hydrogens is 399 g/mol. The van der Waals surface area contributed by atoms with Crippen LogP contribution in [0.2, 0.25) is 0 Å². The molecular formula is C18H15Cl3N2O3. The van der Waals surface area contributed by atoms with Crippen molar-refractivity contribution in [3.05, 3.63) is 53.6 Å². The molecule has 0 radical (unpaired) electrons. The summed E-state index contributed by atoms with van der Waals surface area (Å²) in [5, 5.41) is 2.51. The van der Waals surface area contributed by atoms with Gasteiger partial charge in [-0.25, -0.2) is 0 Å². The molecule has 2 aromatic carbocycles. The van der Waals surface area contributed by atoms with E-state index >= 15 is 0 Å². The fourth-order valence-electron chi connectivity index (χ4n) is 2.61. The third-order valence-electron chi connectivity index (χ3n) is 4.01. The first kappa shape index (κ1) is 18.8. The van der Waals surface area contributed by atoms with Crippen molar-refractivity contribution < 1.29 is 14.3 Å². The van der Waals surface area contributed by atoms with E-state index < -0.39 is 9.70 Å². The Morgan fingerprint density at radius 2 is 1.96 bits per heavy atom. The highest BCUT2D eigenvalue weighted by Gasteiger charge is 2.31. The average molecular weight is 414 g/mol. The number of ether oxygens (including phenoxy) is 1. The van der Waals surface area contributed by atoms with Crippen molar-refractivity contribution in [3.8, 4) is 5.75 Å². The Kier molecular flexibility index (Phi) is 5.32. The molecule has 136 valence electrons. The maximum absolute atomic E-state index is 12.4. The van der Waals surface area contributed by atoms with Gasteiger partial charge >= 0.3 is 0 Å². The van der Waals surface area contributed by atoms with Crippen LogP contribution in [-0.4, -0.2) is 22.2 Å². The van der Waals surface area contributed by atoms with Crippen molar-refractivity contribution in [2.75, 3.05) is 16.8 Å². The van der Waals surface area contributed by atoms with E-state index in [1.54, 1.807) is 23.1 Å². The first-order valence-electron chi connectivity index (χ1n) is 7.75. The number of hydrogen-bond acceptors (Lipinski definition) is 3. The summed E-state index contributed by atoms with van der Waals surface area (Å²) in [6.45, 7) is 2.33. The summed E-state index contributed by atoms with van der Waals surface area (Å²) in [6.07, 6.45) is 0. The highest BCUT2D eigenvalue weighted by atomic mass is 35.6. The topological polar surface area (TPSA) is 58.6 Å². The molecule has 1 N–H and O–H groups in total. The zero-order chi connectivity index (χ0) is 18.9. The number of fused-ring (bicyclic) bond motifs is 1. The number of nitrogens with one attached hydrogen (secondary N) is 1. The maximum Gasteiger partial charge on any atom is 0.276 e. The molecule has 1 aliphatic rings. The first-order valence-corrected chi connectivity index (χ1v) is 8.89. The molecule has 5 nitrogen and oxygen atoms in total. The van der Waals surface area contributed by atoms with Crippen molar-refractivity contribution in [1.29, 1.82) is 0 Å². The van der Waals surface area contributed by atoms with Crippen LogP contribution in [0, 0.1) is 6.92 Å². The summed E-state index contributed by atoms with van der Waals surface area (Å²) in [5.74, 6) is -0.411. The van der Waals surface area contributed by atoms with Gasteiger partial charge in [0.05, 0.1) is 12.2 Å². The third kappa shape index (κ3) is 4.06. The van der Waals surface area contributed by atoms with Crippen molar-refractivity contribution >= 4 is 58.0 Å². The highest BCUT2D eigenvalue weighted by molar-refractivity contribution is 6.76. The average Bonchev–Trinajstić information content (AvgIpc) is 2.58. The van der Waals surface area contributed by atoms with Gasteiger partial charge < -0.3 is 15.0 Å².